The lowest BCUT2D eigenvalue weighted by atomic mass is 10.0. The lowest BCUT2D eigenvalue weighted by Gasteiger charge is -2.37. The Morgan fingerprint density at radius 3 is 2.58 bits per heavy atom. The number of ether oxygens (including phenoxy) is 3. The lowest BCUT2D eigenvalue weighted by molar-refractivity contribution is -0.143. The van der Waals surface area contributed by atoms with Gasteiger partial charge in [-0.05, 0) is 82.0 Å². The zero-order chi connectivity index (χ0) is 35.3. The molecule has 10 nitrogen and oxygen atoms in total. The summed E-state index contributed by atoms with van der Waals surface area (Å²) in [5.74, 6) is 1.83. The van der Waals surface area contributed by atoms with Gasteiger partial charge in [0.1, 0.15) is 24.8 Å². The molecule has 3 fully saturated rings. The van der Waals surface area contributed by atoms with Gasteiger partial charge in [-0.1, -0.05) is 54.6 Å². The number of carbonyl (C=O) groups is 1. The average molecular weight is 705 g/mol. The van der Waals surface area contributed by atoms with Crippen molar-refractivity contribution < 1.29 is 19.0 Å². The van der Waals surface area contributed by atoms with E-state index in [0.29, 0.717) is 56.9 Å². The number of nitrogens with zero attached hydrogens (tertiary/aromatic N) is 5. The second-order valence-electron chi connectivity index (χ2n) is 14.8. The van der Waals surface area contributed by atoms with Crippen LogP contribution in [0.3, 0.4) is 0 Å². The Labute approximate surface area is 307 Å². The topological polar surface area (TPSA) is 92.3 Å². The molecule has 52 heavy (non-hydrogen) atoms. The van der Waals surface area contributed by atoms with Gasteiger partial charge in [0.25, 0.3) is 0 Å². The van der Waals surface area contributed by atoms with Crippen molar-refractivity contribution in [3.8, 4) is 11.8 Å². The predicted molar refractivity (Wildman–Crippen MR) is 204 cm³/mol. The molecule has 0 saturated carbocycles. The summed E-state index contributed by atoms with van der Waals surface area (Å²) in [5, 5.41) is 6.17. The van der Waals surface area contributed by atoms with E-state index in [1.165, 1.54) is 34.9 Å². The molecule has 2 unspecified atom stereocenters. The van der Waals surface area contributed by atoms with Gasteiger partial charge < -0.3 is 29.3 Å². The lowest BCUT2D eigenvalue weighted by Crippen LogP contribution is -2.52. The number of anilines is 2. The van der Waals surface area contributed by atoms with E-state index < -0.39 is 0 Å². The van der Waals surface area contributed by atoms with E-state index in [0.717, 1.165) is 87.7 Å². The van der Waals surface area contributed by atoms with Gasteiger partial charge in [-0.3, -0.25) is 9.69 Å². The van der Waals surface area contributed by atoms with Crippen LogP contribution in [0.2, 0.25) is 0 Å². The molecule has 8 rings (SSSR count). The van der Waals surface area contributed by atoms with Gasteiger partial charge in [-0.2, -0.15) is 9.97 Å². The Kier molecular flexibility index (Phi) is 10.7. The molecule has 274 valence electrons. The normalized spacial score (nSPS) is 21.4. The second-order valence-corrected chi connectivity index (χ2v) is 14.8. The highest BCUT2D eigenvalue weighted by atomic mass is 16.5. The fourth-order valence-electron chi connectivity index (χ4n) is 8.61. The number of aromatic nitrogens is 2. The summed E-state index contributed by atoms with van der Waals surface area (Å²) in [7, 11) is 0. The highest BCUT2D eigenvalue weighted by molar-refractivity contribution is 5.95. The Morgan fingerprint density at radius 1 is 0.904 bits per heavy atom. The van der Waals surface area contributed by atoms with Crippen LogP contribution < -0.4 is 24.6 Å². The predicted octanol–water partition coefficient (Wildman–Crippen LogP) is 6.29. The van der Waals surface area contributed by atoms with Crippen molar-refractivity contribution in [2.75, 3.05) is 55.7 Å². The quantitative estimate of drug-likeness (QED) is 0.119. The number of likely N-dealkylation sites (tertiary alicyclic amines) is 1. The number of benzene rings is 3. The Morgan fingerprint density at radius 2 is 1.73 bits per heavy atom. The van der Waals surface area contributed by atoms with Crippen LogP contribution >= 0.6 is 0 Å². The van der Waals surface area contributed by atoms with E-state index in [9.17, 15) is 4.79 Å². The minimum absolute atomic E-state index is 0.0995. The number of carbonyl (C=O) groups excluding carboxylic acids is 1. The monoisotopic (exact) mass is 704 g/mol. The molecule has 1 aromatic heterocycles. The summed E-state index contributed by atoms with van der Waals surface area (Å²) in [6.07, 6.45) is 7.88. The maximum atomic E-state index is 11.8. The number of piperazine rings is 1. The zero-order valence-electron chi connectivity index (χ0n) is 30.5. The van der Waals surface area contributed by atoms with Crippen molar-refractivity contribution in [2.24, 2.45) is 0 Å². The number of rotatable bonds is 14. The number of esters is 1. The fraction of sp³-hybridized carbons (Fsp3) is 0.500. The molecule has 0 spiro atoms. The van der Waals surface area contributed by atoms with Gasteiger partial charge in [-0.25, -0.2) is 0 Å². The number of fused-ring (bicyclic) bond motifs is 4. The Balaban J connectivity index is 1.02. The Bertz CT molecular complexity index is 1830. The van der Waals surface area contributed by atoms with Gasteiger partial charge in [0.15, 0.2) is 0 Å². The number of nitrogens with one attached hydrogen (secondary N) is 1. The number of unbranched alkanes of at least 4 members (excludes halogenated alkanes) is 1. The molecule has 0 amide bonds. The maximum absolute atomic E-state index is 11.8. The van der Waals surface area contributed by atoms with Gasteiger partial charge >= 0.3 is 12.0 Å². The minimum atomic E-state index is -0.0995. The van der Waals surface area contributed by atoms with Crippen LogP contribution in [-0.2, 0) is 29.1 Å². The van der Waals surface area contributed by atoms with Crippen molar-refractivity contribution in [3.63, 3.8) is 0 Å². The molecule has 2 bridgehead atoms. The van der Waals surface area contributed by atoms with Crippen LogP contribution in [0.5, 0.6) is 11.8 Å². The highest BCUT2D eigenvalue weighted by Crippen LogP contribution is 2.38. The summed E-state index contributed by atoms with van der Waals surface area (Å²) < 4.78 is 18.0. The third-order valence-electron chi connectivity index (χ3n) is 11.2. The molecule has 0 aliphatic carbocycles. The summed E-state index contributed by atoms with van der Waals surface area (Å²) in [4.78, 5) is 29.6. The van der Waals surface area contributed by atoms with Crippen molar-refractivity contribution in [1.82, 2.24) is 20.2 Å². The smallest absolute Gasteiger partial charge is 0.318 e. The van der Waals surface area contributed by atoms with Crippen molar-refractivity contribution in [2.45, 2.75) is 89.6 Å². The molecular weight excluding hydrogens is 652 g/mol. The second kappa shape index (κ2) is 16.1. The molecule has 1 N–H and O–H groups in total. The molecule has 3 saturated heterocycles. The van der Waals surface area contributed by atoms with E-state index in [1.54, 1.807) is 0 Å². The first-order chi connectivity index (χ1) is 25.6. The third-order valence-corrected chi connectivity index (χ3v) is 11.2. The van der Waals surface area contributed by atoms with Crippen LogP contribution in [0.15, 0.2) is 66.7 Å². The first-order valence-electron chi connectivity index (χ1n) is 19.5. The van der Waals surface area contributed by atoms with E-state index >= 15 is 0 Å². The first-order valence-corrected chi connectivity index (χ1v) is 19.5. The summed E-state index contributed by atoms with van der Waals surface area (Å²) in [6.45, 7) is 8.91. The summed E-state index contributed by atoms with van der Waals surface area (Å²) in [6, 6.07) is 25.1. The SMILES string of the molecule is CCOC(=O)CCCCN1CCC[C@H]1COc1nc2c(c(N3CC4CCC(C3)N4)n1)CCN(c1cc(OCc3ccccc3)cc3ccccc13)C2. The highest BCUT2D eigenvalue weighted by Gasteiger charge is 2.36. The van der Waals surface area contributed by atoms with E-state index in [2.05, 4.69) is 80.7 Å². The Hall–Kier alpha value is -4.41. The largest absolute Gasteiger partial charge is 0.489 e. The molecule has 5 heterocycles. The van der Waals surface area contributed by atoms with Crippen molar-refractivity contribution in [1.29, 1.82) is 0 Å². The minimum Gasteiger partial charge on any atom is -0.489 e. The van der Waals surface area contributed by atoms with Crippen molar-refractivity contribution >= 4 is 28.2 Å². The van der Waals surface area contributed by atoms with Gasteiger partial charge in [0, 0.05) is 66.9 Å². The third kappa shape index (κ3) is 7.98. The van der Waals surface area contributed by atoms with Gasteiger partial charge in [0.2, 0.25) is 0 Å². The maximum Gasteiger partial charge on any atom is 0.318 e. The van der Waals surface area contributed by atoms with Crippen LogP contribution in [0.4, 0.5) is 11.5 Å². The van der Waals surface area contributed by atoms with Gasteiger partial charge in [0.05, 0.1) is 18.8 Å². The number of hydrogen-bond acceptors (Lipinski definition) is 10. The molecule has 0 radical (unpaired) electrons. The van der Waals surface area contributed by atoms with Crippen LogP contribution in [0, 0.1) is 0 Å². The average Bonchev–Trinajstić information content (AvgIpc) is 3.78. The van der Waals surface area contributed by atoms with E-state index in [4.69, 9.17) is 24.2 Å². The summed E-state index contributed by atoms with van der Waals surface area (Å²) in [5.41, 5.74) is 4.63. The van der Waals surface area contributed by atoms with Gasteiger partial charge in [-0.15, -0.1) is 0 Å². The molecular formula is C42H52N6O4. The van der Waals surface area contributed by atoms with E-state index in [-0.39, 0.29) is 5.97 Å². The van der Waals surface area contributed by atoms with E-state index in [1.807, 2.05) is 13.0 Å². The molecule has 4 aliphatic rings. The summed E-state index contributed by atoms with van der Waals surface area (Å²) >= 11 is 0. The molecule has 4 aliphatic heterocycles. The molecule has 3 aromatic carbocycles. The van der Waals surface area contributed by atoms with Crippen LogP contribution in [-0.4, -0.2) is 84.9 Å². The van der Waals surface area contributed by atoms with Crippen LogP contribution in [0.25, 0.3) is 10.8 Å². The van der Waals surface area contributed by atoms with Crippen molar-refractivity contribution in [3.05, 3.63) is 83.6 Å². The molecule has 10 heteroatoms. The van der Waals surface area contributed by atoms with Crippen LogP contribution in [0.1, 0.15) is 68.7 Å². The zero-order valence-corrected chi connectivity index (χ0v) is 30.5. The fourth-order valence-corrected chi connectivity index (χ4v) is 8.61. The standard InChI is InChI=1S/C42H52N6O4/c1-2-50-40(49)16-8-9-20-46-21-10-14-34(46)29-52-42-44-38-27-47(22-19-37(38)41(45-42)48-25-32-17-18-33(26-48)43-32)39-24-35(23-31-13-6-7-15-36(31)39)51-28-30-11-4-3-5-12-30/h3-7,11-13,15,23-24,32-34,43H,2,8-10,14,16-22,25-29H2,1H3/t32?,33?,34-/m0/s1. The molecule has 4 aromatic rings. The first kappa shape index (κ1) is 34.7. The molecule has 3 atom stereocenters. The number of hydrogen-bond donors (Lipinski definition) is 1.